The molecule has 0 radical (unpaired) electrons. The first-order valence-electron chi connectivity index (χ1n) is 16.1. The predicted molar refractivity (Wildman–Crippen MR) is 180 cm³/mol. The van der Waals surface area contributed by atoms with Crippen molar-refractivity contribution >= 4 is 33.9 Å². The lowest BCUT2D eigenvalue weighted by atomic mass is 10.1. The van der Waals surface area contributed by atoms with Gasteiger partial charge in [0, 0.05) is 101 Å². The van der Waals surface area contributed by atoms with Crippen LogP contribution in [-0.2, 0) is 0 Å². The molecule has 12 nitrogen and oxygen atoms in total. The number of hydrogen-bond acceptors (Lipinski definition) is 8. The van der Waals surface area contributed by atoms with Crippen LogP contribution in [0.4, 0.5) is 0 Å². The molecule has 0 spiro atoms. The number of rotatable bonds is 10. The van der Waals surface area contributed by atoms with Gasteiger partial charge in [0.05, 0.1) is 22.1 Å². The summed E-state index contributed by atoms with van der Waals surface area (Å²) in [4.78, 5) is 46.5. The van der Waals surface area contributed by atoms with Gasteiger partial charge in [-0.15, -0.1) is 0 Å². The van der Waals surface area contributed by atoms with E-state index in [1.807, 2.05) is 60.7 Å². The monoisotopic (exact) mass is 620 g/mol. The second-order valence-electron chi connectivity index (χ2n) is 11.9. The molecule has 4 heterocycles. The molecule has 0 aliphatic carbocycles. The zero-order valence-corrected chi connectivity index (χ0v) is 25.9. The average Bonchev–Trinajstić information content (AvgIpc) is 3.73. The Bertz CT molecular complexity index is 1680. The van der Waals surface area contributed by atoms with Crippen LogP contribution in [-0.4, -0.2) is 120 Å². The number of benzene rings is 3. The zero-order valence-electron chi connectivity index (χ0n) is 25.9. The molecule has 12 heteroatoms. The zero-order chi connectivity index (χ0) is 31.3. The van der Waals surface area contributed by atoms with Crippen LogP contribution >= 0.6 is 0 Å². The maximum Gasteiger partial charge on any atom is 0.251 e. The van der Waals surface area contributed by atoms with Gasteiger partial charge < -0.3 is 31.2 Å². The lowest BCUT2D eigenvalue weighted by Crippen LogP contribution is -2.46. The summed E-state index contributed by atoms with van der Waals surface area (Å²) < 4.78 is 0. The number of amides is 2. The van der Waals surface area contributed by atoms with Crippen LogP contribution in [0.1, 0.15) is 20.7 Å². The molecular weight excluding hydrogens is 580 g/mol. The number of H-pyrrole nitrogens is 2. The van der Waals surface area contributed by atoms with Crippen LogP contribution in [0.2, 0.25) is 0 Å². The molecule has 238 valence electrons. The summed E-state index contributed by atoms with van der Waals surface area (Å²) in [5.41, 5.74) is 6.31. The molecule has 2 saturated heterocycles. The van der Waals surface area contributed by atoms with Crippen LogP contribution in [0.15, 0.2) is 60.7 Å². The molecule has 46 heavy (non-hydrogen) atoms. The van der Waals surface area contributed by atoms with Crippen LogP contribution < -0.4 is 21.3 Å². The van der Waals surface area contributed by atoms with Crippen LogP contribution in [0, 0.1) is 0 Å². The maximum atomic E-state index is 12.8. The van der Waals surface area contributed by atoms with Gasteiger partial charge in [-0.25, -0.2) is 9.97 Å². The fourth-order valence-electron chi connectivity index (χ4n) is 6.09. The van der Waals surface area contributed by atoms with Gasteiger partial charge >= 0.3 is 0 Å². The SMILES string of the molecule is O=C(NCCN1CCNCC1)c1ccc2nc(-c3ccc(-c4nc5ccc(C(=O)NCCN6CCNCC6)cc5[nH]4)cc3)[nH]c2c1. The topological polar surface area (TPSA) is 146 Å². The highest BCUT2D eigenvalue weighted by Gasteiger charge is 2.15. The predicted octanol–water partition coefficient (Wildman–Crippen LogP) is 2.04. The summed E-state index contributed by atoms with van der Waals surface area (Å²) in [6.07, 6.45) is 0. The van der Waals surface area contributed by atoms with Crippen molar-refractivity contribution < 1.29 is 9.59 Å². The van der Waals surface area contributed by atoms with Crippen molar-refractivity contribution in [2.45, 2.75) is 0 Å². The van der Waals surface area contributed by atoms with Gasteiger partial charge in [0.25, 0.3) is 11.8 Å². The Kier molecular flexibility index (Phi) is 9.01. The van der Waals surface area contributed by atoms with Crippen molar-refractivity contribution in [3.63, 3.8) is 0 Å². The number of aromatic amines is 2. The van der Waals surface area contributed by atoms with E-state index in [0.29, 0.717) is 24.2 Å². The van der Waals surface area contributed by atoms with E-state index in [4.69, 9.17) is 9.97 Å². The number of piperazine rings is 2. The van der Waals surface area contributed by atoms with Crippen LogP contribution in [0.3, 0.4) is 0 Å². The van der Waals surface area contributed by atoms with Crippen LogP contribution in [0.5, 0.6) is 0 Å². The second kappa shape index (κ2) is 13.8. The van der Waals surface area contributed by atoms with E-state index in [1.165, 1.54) is 0 Å². The Morgan fingerprint density at radius 3 is 1.43 bits per heavy atom. The maximum absolute atomic E-state index is 12.8. The molecule has 2 fully saturated rings. The molecule has 2 aliphatic rings. The molecule has 7 rings (SSSR count). The fraction of sp³-hybridized carbons (Fsp3) is 0.353. The van der Waals surface area contributed by atoms with Gasteiger partial charge in [0.1, 0.15) is 11.6 Å². The van der Waals surface area contributed by atoms with Gasteiger partial charge in [-0.1, -0.05) is 24.3 Å². The van der Waals surface area contributed by atoms with E-state index in [2.05, 4.69) is 41.0 Å². The summed E-state index contributed by atoms with van der Waals surface area (Å²) in [5.74, 6) is 1.30. The average molecular weight is 621 g/mol. The minimum atomic E-state index is -0.0815. The first-order valence-corrected chi connectivity index (χ1v) is 16.1. The van der Waals surface area contributed by atoms with Gasteiger partial charge in [-0.05, 0) is 36.4 Å². The molecule has 0 saturated carbocycles. The number of carbonyl (C=O) groups is 2. The summed E-state index contributed by atoms with van der Waals surface area (Å²) in [6.45, 7) is 11.0. The smallest absolute Gasteiger partial charge is 0.251 e. The summed E-state index contributed by atoms with van der Waals surface area (Å²) >= 11 is 0. The van der Waals surface area contributed by atoms with Crippen molar-refractivity contribution in [2.75, 3.05) is 78.5 Å². The third-order valence-electron chi connectivity index (χ3n) is 8.77. The van der Waals surface area contributed by atoms with Gasteiger partial charge in [-0.3, -0.25) is 19.4 Å². The lowest BCUT2D eigenvalue weighted by Gasteiger charge is -2.27. The van der Waals surface area contributed by atoms with Crippen molar-refractivity contribution in [3.8, 4) is 22.8 Å². The van der Waals surface area contributed by atoms with Crippen molar-refractivity contribution in [2.24, 2.45) is 0 Å². The number of imidazole rings is 2. The van der Waals surface area contributed by atoms with Gasteiger partial charge in [-0.2, -0.15) is 0 Å². The van der Waals surface area contributed by atoms with E-state index in [-0.39, 0.29) is 11.8 Å². The van der Waals surface area contributed by atoms with E-state index < -0.39 is 0 Å². The standard InChI is InChI=1S/C34H40N10O2/c45-33(37-13-19-43-15-9-35-10-16-43)25-5-7-27-29(21-25)41-31(39-27)23-1-2-24(4-3-23)32-40-28-8-6-26(22-30(28)42-32)34(46)38-14-20-44-17-11-36-12-18-44/h1-8,21-22,35-36H,9-20H2,(H,37,45)(H,38,46)(H,39,41)(H,40,42). The second-order valence-corrected chi connectivity index (χ2v) is 11.9. The largest absolute Gasteiger partial charge is 0.351 e. The minimum Gasteiger partial charge on any atom is -0.351 e. The number of nitrogens with zero attached hydrogens (tertiary/aromatic N) is 4. The third-order valence-corrected chi connectivity index (χ3v) is 8.77. The summed E-state index contributed by atoms with van der Waals surface area (Å²) in [7, 11) is 0. The molecular formula is C34H40N10O2. The van der Waals surface area contributed by atoms with E-state index in [1.54, 1.807) is 0 Å². The number of carbonyl (C=O) groups excluding carboxylic acids is 2. The van der Waals surface area contributed by atoms with E-state index in [9.17, 15) is 9.59 Å². The molecule has 2 aromatic heterocycles. The van der Waals surface area contributed by atoms with Crippen LogP contribution in [0.25, 0.3) is 44.8 Å². The fourth-order valence-corrected chi connectivity index (χ4v) is 6.09. The van der Waals surface area contributed by atoms with Crippen molar-refractivity contribution in [1.29, 1.82) is 0 Å². The highest BCUT2D eigenvalue weighted by Crippen LogP contribution is 2.26. The molecule has 0 atom stereocenters. The summed E-state index contributed by atoms with van der Waals surface area (Å²) in [5, 5.41) is 12.8. The molecule has 0 unspecified atom stereocenters. The lowest BCUT2D eigenvalue weighted by molar-refractivity contribution is 0.0939. The molecule has 5 aromatic rings. The first kappa shape index (κ1) is 30.1. The third kappa shape index (κ3) is 6.95. The van der Waals surface area contributed by atoms with Gasteiger partial charge in [0.15, 0.2) is 0 Å². The van der Waals surface area contributed by atoms with Gasteiger partial charge in [0.2, 0.25) is 0 Å². The molecule has 0 bridgehead atoms. The van der Waals surface area contributed by atoms with E-state index in [0.717, 1.165) is 110 Å². The van der Waals surface area contributed by atoms with Crippen molar-refractivity contribution in [1.82, 2.24) is 51.0 Å². The minimum absolute atomic E-state index is 0.0815. The quantitative estimate of drug-likeness (QED) is 0.139. The Hall–Kier alpha value is -4.62. The number of hydrogen-bond donors (Lipinski definition) is 6. The summed E-state index contributed by atoms with van der Waals surface area (Å²) in [6, 6.07) is 19.1. The number of aromatic nitrogens is 4. The highest BCUT2D eigenvalue weighted by molar-refractivity contribution is 5.98. The molecule has 2 aliphatic heterocycles. The Labute approximate surface area is 267 Å². The Morgan fingerprint density at radius 2 is 1.02 bits per heavy atom. The number of fused-ring (bicyclic) bond motifs is 2. The van der Waals surface area contributed by atoms with Crippen molar-refractivity contribution in [3.05, 3.63) is 71.8 Å². The Balaban J connectivity index is 0.978. The molecule has 2 amide bonds. The molecule has 3 aromatic carbocycles. The molecule has 6 N–H and O–H groups in total. The Morgan fingerprint density at radius 1 is 0.609 bits per heavy atom. The highest BCUT2D eigenvalue weighted by atomic mass is 16.2. The number of nitrogens with one attached hydrogen (secondary N) is 6. The first-order chi connectivity index (χ1) is 22.6. The van der Waals surface area contributed by atoms with E-state index >= 15 is 0 Å². The normalized spacial score (nSPS) is 16.2.